The quantitative estimate of drug-likeness (QED) is 0.916. The molecule has 0 spiro atoms. The summed E-state index contributed by atoms with van der Waals surface area (Å²) in [6.45, 7) is 4.01. The van der Waals surface area contributed by atoms with Crippen LogP contribution in [0.2, 0.25) is 0 Å². The number of nitrogens with one attached hydrogen (secondary N) is 1. The van der Waals surface area contributed by atoms with E-state index in [0.717, 1.165) is 11.3 Å². The molecular weight excluding hydrogens is 254 g/mol. The van der Waals surface area contributed by atoms with E-state index in [2.05, 4.69) is 10.3 Å². The molecule has 0 bridgehead atoms. The molecule has 2 rings (SSSR count). The number of rotatable bonds is 3. The van der Waals surface area contributed by atoms with Gasteiger partial charge in [-0.3, -0.25) is 14.6 Å². The number of aryl methyl sites for hydroxylation is 3. The summed E-state index contributed by atoms with van der Waals surface area (Å²) in [7, 11) is 1.63. The van der Waals surface area contributed by atoms with Crippen LogP contribution in [-0.2, 0) is 13.6 Å². The largest absolute Gasteiger partial charge is 0.346 e. The van der Waals surface area contributed by atoms with E-state index in [1.165, 1.54) is 10.8 Å². The van der Waals surface area contributed by atoms with Gasteiger partial charge in [0.2, 0.25) is 0 Å². The molecule has 0 saturated heterocycles. The van der Waals surface area contributed by atoms with Crippen LogP contribution in [0.4, 0.5) is 0 Å². The molecule has 0 aromatic carbocycles. The molecule has 0 saturated carbocycles. The molecule has 1 amide bonds. The Bertz CT molecular complexity index is 678. The molecule has 0 aliphatic rings. The Kier molecular flexibility index (Phi) is 3.98. The van der Waals surface area contributed by atoms with Gasteiger partial charge in [-0.25, -0.2) is 0 Å². The van der Waals surface area contributed by atoms with Crippen LogP contribution in [0.3, 0.4) is 0 Å². The van der Waals surface area contributed by atoms with Crippen LogP contribution >= 0.6 is 0 Å². The molecule has 2 aromatic heterocycles. The third-order valence-corrected chi connectivity index (χ3v) is 3.16. The van der Waals surface area contributed by atoms with Gasteiger partial charge in [-0.2, -0.15) is 0 Å². The summed E-state index contributed by atoms with van der Waals surface area (Å²) in [6, 6.07) is 5.41. The standard InChI is InChI=1S/C15H17N3O2/c1-10-5-4-6-16-13(10)8-17-14(19)12-7-11(2)15(20)18(3)9-12/h4-7,9H,8H2,1-3H3,(H,17,19). The molecule has 2 aromatic rings. The molecule has 5 nitrogen and oxygen atoms in total. The highest BCUT2D eigenvalue weighted by molar-refractivity contribution is 5.94. The van der Waals surface area contributed by atoms with E-state index >= 15 is 0 Å². The number of carbonyl (C=O) groups excluding carboxylic acids is 1. The van der Waals surface area contributed by atoms with Gasteiger partial charge in [-0.05, 0) is 31.5 Å². The summed E-state index contributed by atoms with van der Waals surface area (Å²) in [6.07, 6.45) is 3.24. The average molecular weight is 271 g/mol. The molecule has 0 aliphatic heterocycles. The fourth-order valence-electron chi connectivity index (χ4n) is 1.97. The average Bonchev–Trinajstić information content (AvgIpc) is 2.43. The van der Waals surface area contributed by atoms with Gasteiger partial charge in [-0.15, -0.1) is 0 Å². The van der Waals surface area contributed by atoms with Crippen molar-refractivity contribution in [1.29, 1.82) is 0 Å². The van der Waals surface area contributed by atoms with Crippen molar-refractivity contribution in [3.05, 3.63) is 63.3 Å². The highest BCUT2D eigenvalue weighted by atomic mass is 16.2. The lowest BCUT2D eigenvalue weighted by molar-refractivity contribution is 0.0949. The monoisotopic (exact) mass is 271 g/mol. The maximum Gasteiger partial charge on any atom is 0.253 e. The second kappa shape index (κ2) is 5.69. The number of pyridine rings is 2. The fourth-order valence-corrected chi connectivity index (χ4v) is 1.97. The summed E-state index contributed by atoms with van der Waals surface area (Å²) in [5.41, 5.74) is 2.79. The molecule has 5 heteroatoms. The topological polar surface area (TPSA) is 64.0 Å². The van der Waals surface area contributed by atoms with Gasteiger partial charge in [0.05, 0.1) is 17.8 Å². The normalized spacial score (nSPS) is 10.3. The predicted molar refractivity (Wildman–Crippen MR) is 76.6 cm³/mol. The van der Waals surface area contributed by atoms with Crippen LogP contribution in [0.15, 0.2) is 35.4 Å². The lowest BCUT2D eigenvalue weighted by atomic mass is 10.2. The summed E-state index contributed by atoms with van der Waals surface area (Å²) in [5.74, 6) is -0.214. The SMILES string of the molecule is Cc1cccnc1CNC(=O)c1cc(C)c(=O)n(C)c1. The van der Waals surface area contributed by atoms with E-state index in [-0.39, 0.29) is 11.5 Å². The number of carbonyl (C=O) groups is 1. The summed E-state index contributed by atoms with van der Waals surface area (Å²) in [4.78, 5) is 27.9. The van der Waals surface area contributed by atoms with Gasteiger partial charge in [0.1, 0.15) is 0 Å². The summed E-state index contributed by atoms with van der Waals surface area (Å²) >= 11 is 0. The van der Waals surface area contributed by atoms with Crippen LogP contribution in [0, 0.1) is 13.8 Å². The molecule has 0 aliphatic carbocycles. The number of hydrogen-bond donors (Lipinski definition) is 1. The first-order valence-corrected chi connectivity index (χ1v) is 6.35. The Hall–Kier alpha value is -2.43. The van der Waals surface area contributed by atoms with Crippen LogP contribution in [0.25, 0.3) is 0 Å². The van der Waals surface area contributed by atoms with Crippen molar-refractivity contribution in [1.82, 2.24) is 14.9 Å². The van der Waals surface area contributed by atoms with Crippen molar-refractivity contribution < 1.29 is 4.79 Å². The van der Waals surface area contributed by atoms with E-state index in [9.17, 15) is 9.59 Å². The Labute approximate surface area is 117 Å². The summed E-state index contributed by atoms with van der Waals surface area (Å²) in [5, 5.41) is 2.81. The molecule has 0 radical (unpaired) electrons. The number of nitrogens with zero attached hydrogens (tertiary/aromatic N) is 2. The molecule has 0 unspecified atom stereocenters. The number of hydrogen-bond acceptors (Lipinski definition) is 3. The number of aromatic nitrogens is 2. The van der Waals surface area contributed by atoms with Crippen molar-refractivity contribution >= 4 is 5.91 Å². The lowest BCUT2D eigenvalue weighted by Gasteiger charge is -2.08. The molecule has 2 heterocycles. The van der Waals surface area contributed by atoms with Crippen LogP contribution in [0.5, 0.6) is 0 Å². The van der Waals surface area contributed by atoms with Gasteiger partial charge in [0, 0.05) is 25.0 Å². The minimum absolute atomic E-state index is 0.0953. The zero-order valence-electron chi connectivity index (χ0n) is 11.8. The van der Waals surface area contributed by atoms with Gasteiger partial charge in [0.25, 0.3) is 11.5 Å². The first-order valence-electron chi connectivity index (χ1n) is 6.35. The lowest BCUT2D eigenvalue weighted by Crippen LogP contribution is -2.27. The third kappa shape index (κ3) is 2.93. The van der Waals surface area contributed by atoms with Crippen molar-refractivity contribution in [3.63, 3.8) is 0 Å². The molecular formula is C15H17N3O2. The fraction of sp³-hybridized carbons (Fsp3) is 0.267. The van der Waals surface area contributed by atoms with Crippen molar-refractivity contribution in [2.24, 2.45) is 7.05 Å². The second-order valence-corrected chi connectivity index (χ2v) is 4.78. The van der Waals surface area contributed by atoms with E-state index < -0.39 is 0 Å². The molecule has 0 fully saturated rings. The molecule has 0 atom stereocenters. The maximum atomic E-state index is 12.1. The predicted octanol–water partition coefficient (Wildman–Crippen LogP) is 1.33. The highest BCUT2D eigenvalue weighted by Crippen LogP contribution is 2.04. The molecule has 1 N–H and O–H groups in total. The first kappa shape index (κ1) is 14.0. The van der Waals surface area contributed by atoms with Gasteiger partial charge in [-0.1, -0.05) is 6.07 Å². The Morgan fingerprint density at radius 2 is 2.10 bits per heavy atom. The van der Waals surface area contributed by atoms with E-state index in [1.54, 1.807) is 26.2 Å². The van der Waals surface area contributed by atoms with Crippen molar-refractivity contribution in [2.45, 2.75) is 20.4 Å². The zero-order chi connectivity index (χ0) is 14.7. The smallest absolute Gasteiger partial charge is 0.253 e. The second-order valence-electron chi connectivity index (χ2n) is 4.78. The van der Waals surface area contributed by atoms with Crippen molar-refractivity contribution in [2.75, 3.05) is 0 Å². The van der Waals surface area contributed by atoms with Crippen LogP contribution in [-0.4, -0.2) is 15.5 Å². The van der Waals surface area contributed by atoms with Crippen molar-refractivity contribution in [3.8, 4) is 0 Å². The Balaban J connectivity index is 2.13. The Morgan fingerprint density at radius 1 is 1.35 bits per heavy atom. The highest BCUT2D eigenvalue weighted by Gasteiger charge is 2.09. The van der Waals surface area contributed by atoms with Gasteiger partial charge in [0.15, 0.2) is 0 Å². The van der Waals surface area contributed by atoms with Gasteiger partial charge >= 0.3 is 0 Å². The van der Waals surface area contributed by atoms with E-state index in [1.807, 2.05) is 19.1 Å². The minimum Gasteiger partial charge on any atom is -0.346 e. The van der Waals surface area contributed by atoms with E-state index in [0.29, 0.717) is 17.7 Å². The number of amides is 1. The third-order valence-electron chi connectivity index (χ3n) is 3.16. The zero-order valence-corrected chi connectivity index (χ0v) is 11.8. The maximum absolute atomic E-state index is 12.1. The first-order chi connectivity index (χ1) is 9.49. The minimum atomic E-state index is -0.214. The summed E-state index contributed by atoms with van der Waals surface area (Å²) < 4.78 is 1.41. The van der Waals surface area contributed by atoms with E-state index in [4.69, 9.17) is 0 Å². The van der Waals surface area contributed by atoms with Crippen LogP contribution in [0.1, 0.15) is 27.2 Å². The molecule has 104 valence electrons. The molecule has 20 heavy (non-hydrogen) atoms. The van der Waals surface area contributed by atoms with Gasteiger partial charge < -0.3 is 9.88 Å². The van der Waals surface area contributed by atoms with Crippen LogP contribution < -0.4 is 10.9 Å². The Morgan fingerprint density at radius 3 is 2.75 bits per heavy atom.